The maximum absolute atomic E-state index is 12.7. The van der Waals surface area contributed by atoms with E-state index < -0.39 is 0 Å². The minimum absolute atomic E-state index is 0.0353. The highest BCUT2D eigenvalue weighted by molar-refractivity contribution is 6.02. The molecular weight excluding hydrogens is 302 g/mol. The van der Waals surface area contributed by atoms with Crippen LogP contribution < -0.4 is 9.64 Å². The van der Waals surface area contributed by atoms with Gasteiger partial charge in [-0.3, -0.25) is 9.69 Å². The summed E-state index contributed by atoms with van der Waals surface area (Å²) < 4.78 is 5.48. The van der Waals surface area contributed by atoms with Crippen molar-refractivity contribution < 1.29 is 9.53 Å². The fraction of sp³-hybridized carbons (Fsp3) is 0.421. The molecule has 0 radical (unpaired) electrons. The molecule has 1 aromatic heterocycles. The first kappa shape index (κ1) is 15.3. The molecule has 1 atom stereocenters. The highest BCUT2D eigenvalue weighted by atomic mass is 16.5. The van der Waals surface area contributed by atoms with Crippen molar-refractivity contribution in [2.75, 3.05) is 38.2 Å². The smallest absolute Gasteiger partial charge is 0.181 e. The average molecular weight is 325 g/mol. The Labute approximate surface area is 142 Å². The van der Waals surface area contributed by atoms with Crippen molar-refractivity contribution in [3.63, 3.8) is 0 Å². The van der Waals surface area contributed by atoms with Gasteiger partial charge in [0.2, 0.25) is 0 Å². The maximum Gasteiger partial charge on any atom is 0.181 e. The van der Waals surface area contributed by atoms with Crippen LogP contribution in [-0.4, -0.2) is 55.0 Å². The first-order valence-corrected chi connectivity index (χ1v) is 8.60. The average Bonchev–Trinajstić information content (AvgIpc) is 3.12. The van der Waals surface area contributed by atoms with Gasteiger partial charge in [-0.25, -0.2) is 0 Å². The van der Waals surface area contributed by atoms with Crippen LogP contribution in [0.3, 0.4) is 0 Å². The van der Waals surface area contributed by atoms with Crippen LogP contribution in [-0.2, 0) is 6.42 Å². The second-order valence-electron chi connectivity index (χ2n) is 6.48. The lowest BCUT2D eigenvalue weighted by molar-refractivity contribution is 0.0777. The molecule has 126 valence electrons. The number of ketones is 1. The first-order valence-electron chi connectivity index (χ1n) is 8.60. The van der Waals surface area contributed by atoms with Gasteiger partial charge in [-0.2, -0.15) is 0 Å². The number of aryl methyl sites for hydroxylation is 1. The van der Waals surface area contributed by atoms with E-state index in [1.807, 2.05) is 30.5 Å². The minimum atomic E-state index is 0.0353. The van der Waals surface area contributed by atoms with Crippen molar-refractivity contribution in [3.8, 4) is 5.75 Å². The zero-order valence-electron chi connectivity index (χ0n) is 14.0. The Morgan fingerprint density at radius 3 is 2.71 bits per heavy atom. The van der Waals surface area contributed by atoms with Gasteiger partial charge in [0.15, 0.2) is 5.78 Å². The molecule has 5 heteroatoms. The number of benzene rings is 1. The van der Waals surface area contributed by atoms with Crippen molar-refractivity contribution in [2.24, 2.45) is 0 Å². The van der Waals surface area contributed by atoms with Crippen molar-refractivity contribution in [1.29, 1.82) is 0 Å². The number of piperazine rings is 1. The largest absolute Gasteiger partial charge is 0.495 e. The molecule has 2 aromatic rings. The lowest BCUT2D eigenvalue weighted by Crippen LogP contribution is -2.53. The number of hydrogen-bond acceptors (Lipinski definition) is 4. The van der Waals surface area contributed by atoms with Crippen molar-refractivity contribution in [2.45, 2.75) is 18.9 Å². The number of aromatic nitrogens is 1. The quantitative estimate of drug-likeness (QED) is 0.941. The van der Waals surface area contributed by atoms with Crippen LogP contribution in [0.15, 0.2) is 36.5 Å². The summed E-state index contributed by atoms with van der Waals surface area (Å²) in [5.74, 6) is 1.19. The van der Waals surface area contributed by atoms with E-state index >= 15 is 0 Å². The highest BCUT2D eigenvalue weighted by Gasteiger charge is 2.34. The Morgan fingerprint density at radius 1 is 1.12 bits per heavy atom. The Morgan fingerprint density at radius 2 is 1.92 bits per heavy atom. The van der Waals surface area contributed by atoms with Gasteiger partial charge in [-0.15, -0.1) is 0 Å². The van der Waals surface area contributed by atoms with E-state index in [0.717, 1.165) is 61.7 Å². The number of methoxy groups -OCH3 is 1. The summed E-state index contributed by atoms with van der Waals surface area (Å²) in [5, 5.41) is 0. The molecule has 0 spiro atoms. The molecule has 1 aliphatic carbocycles. The van der Waals surface area contributed by atoms with Gasteiger partial charge in [0.05, 0.1) is 18.8 Å². The molecule has 24 heavy (non-hydrogen) atoms. The number of anilines is 1. The normalized spacial score (nSPS) is 21.6. The predicted octanol–water partition coefficient (Wildman–Crippen LogP) is 2.34. The molecule has 5 nitrogen and oxygen atoms in total. The van der Waals surface area contributed by atoms with Crippen molar-refractivity contribution in [3.05, 3.63) is 47.8 Å². The number of hydrogen-bond donors (Lipinski definition) is 1. The lowest BCUT2D eigenvalue weighted by atomic mass is 9.90. The molecule has 2 heterocycles. The number of aromatic amines is 1. The molecule has 1 unspecified atom stereocenters. The van der Waals surface area contributed by atoms with Crippen LogP contribution in [0, 0.1) is 0 Å². The second-order valence-corrected chi connectivity index (χ2v) is 6.48. The molecule has 1 aliphatic heterocycles. The third kappa shape index (κ3) is 2.59. The summed E-state index contributed by atoms with van der Waals surface area (Å²) in [6.07, 6.45) is 3.76. The van der Waals surface area contributed by atoms with Gasteiger partial charge >= 0.3 is 0 Å². The van der Waals surface area contributed by atoms with Gasteiger partial charge in [0.25, 0.3) is 0 Å². The van der Waals surface area contributed by atoms with Gasteiger partial charge in [0, 0.05) is 43.6 Å². The van der Waals surface area contributed by atoms with Crippen LogP contribution in [0.4, 0.5) is 5.69 Å². The van der Waals surface area contributed by atoms with E-state index in [9.17, 15) is 4.79 Å². The topological polar surface area (TPSA) is 48.6 Å². The van der Waals surface area contributed by atoms with Crippen LogP contribution in [0.25, 0.3) is 0 Å². The number of rotatable bonds is 3. The SMILES string of the molecule is COc1ccccc1N1CCN(C2CCc3[nH]ccc3C2=O)CC1. The number of Topliss-reactive ketones (excluding diaryl/α,β-unsaturated/α-hetero) is 1. The third-order valence-electron chi connectivity index (χ3n) is 5.25. The van der Waals surface area contributed by atoms with Crippen molar-refractivity contribution in [1.82, 2.24) is 9.88 Å². The Bertz CT molecular complexity index is 732. The third-order valence-corrected chi connectivity index (χ3v) is 5.25. The predicted molar refractivity (Wildman–Crippen MR) is 94.0 cm³/mol. The molecule has 1 aromatic carbocycles. The van der Waals surface area contributed by atoms with Gasteiger partial charge in [0.1, 0.15) is 5.75 Å². The maximum atomic E-state index is 12.7. The Hall–Kier alpha value is -2.27. The number of carbonyl (C=O) groups excluding carboxylic acids is 1. The zero-order valence-corrected chi connectivity index (χ0v) is 14.0. The van der Waals surface area contributed by atoms with Crippen LogP contribution in [0.1, 0.15) is 22.5 Å². The summed E-state index contributed by atoms with van der Waals surface area (Å²) in [7, 11) is 1.71. The van der Waals surface area contributed by atoms with Crippen LogP contribution >= 0.6 is 0 Å². The van der Waals surface area contributed by atoms with E-state index in [4.69, 9.17) is 4.74 Å². The Balaban J connectivity index is 1.44. The monoisotopic (exact) mass is 325 g/mol. The lowest BCUT2D eigenvalue weighted by Gasteiger charge is -2.40. The fourth-order valence-electron chi connectivity index (χ4n) is 3.95. The van der Waals surface area contributed by atoms with Crippen molar-refractivity contribution >= 4 is 11.5 Å². The Kier molecular flexibility index (Phi) is 4.02. The number of H-pyrrole nitrogens is 1. The number of para-hydroxylation sites is 2. The molecule has 2 aliphatic rings. The van der Waals surface area contributed by atoms with Crippen LogP contribution in [0.2, 0.25) is 0 Å². The number of nitrogens with zero attached hydrogens (tertiary/aromatic N) is 2. The molecule has 0 amide bonds. The summed E-state index contributed by atoms with van der Waals surface area (Å²) in [4.78, 5) is 20.6. The molecule has 0 saturated carbocycles. The summed E-state index contributed by atoms with van der Waals surface area (Å²) >= 11 is 0. The molecule has 1 saturated heterocycles. The highest BCUT2D eigenvalue weighted by Crippen LogP contribution is 2.30. The molecule has 1 N–H and O–H groups in total. The van der Waals surface area contributed by atoms with E-state index in [1.54, 1.807) is 7.11 Å². The van der Waals surface area contributed by atoms with E-state index in [0.29, 0.717) is 0 Å². The second kappa shape index (κ2) is 6.32. The van der Waals surface area contributed by atoms with E-state index in [-0.39, 0.29) is 11.8 Å². The van der Waals surface area contributed by atoms with E-state index in [1.165, 1.54) is 0 Å². The zero-order chi connectivity index (χ0) is 16.5. The molecule has 1 fully saturated rings. The number of nitrogens with one attached hydrogen (secondary N) is 1. The standard InChI is InChI=1S/C19H23N3O2/c1-24-18-5-3-2-4-16(18)21-10-12-22(13-11-21)17-7-6-15-14(19(17)23)8-9-20-15/h2-5,8-9,17,20H,6-7,10-13H2,1H3. The van der Waals surface area contributed by atoms with E-state index in [2.05, 4.69) is 20.9 Å². The summed E-state index contributed by atoms with van der Waals surface area (Å²) in [6, 6.07) is 10.1. The first-order chi connectivity index (χ1) is 11.8. The van der Waals surface area contributed by atoms with Gasteiger partial charge in [-0.1, -0.05) is 12.1 Å². The van der Waals surface area contributed by atoms with Gasteiger partial charge in [-0.05, 0) is 31.0 Å². The van der Waals surface area contributed by atoms with Crippen LogP contribution in [0.5, 0.6) is 5.75 Å². The fourth-order valence-corrected chi connectivity index (χ4v) is 3.95. The molecule has 4 rings (SSSR count). The number of ether oxygens (including phenoxy) is 1. The van der Waals surface area contributed by atoms with Gasteiger partial charge < -0.3 is 14.6 Å². The number of fused-ring (bicyclic) bond motifs is 1. The minimum Gasteiger partial charge on any atom is -0.495 e. The summed E-state index contributed by atoms with van der Waals surface area (Å²) in [6.45, 7) is 3.66. The molecular formula is C19H23N3O2. The molecule has 0 bridgehead atoms. The summed E-state index contributed by atoms with van der Waals surface area (Å²) in [5.41, 5.74) is 3.13. The number of carbonyl (C=O) groups is 1.